The minimum atomic E-state index is -0.475. The van der Waals surface area contributed by atoms with Gasteiger partial charge in [0.15, 0.2) is 11.6 Å². The predicted molar refractivity (Wildman–Crippen MR) is 121 cm³/mol. The molecule has 0 amide bonds. The van der Waals surface area contributed by atoms with Crippen molar-refractivity contribution in [1.29, 1.82) is 0 Å². The summed E-state index contributed by atoms with van der Waals surface area (Å²) in [5.74, 6) is 1.52. The summed E-state index contributed by atoms with van der Waals surface area (Å²) in [5.41, 5.74) is 12.2. The van der Waals surface area contributed by atoms with Gasteiger partial charge in [-0.15, -0.1) is 0 Å². The number of nitrogens with two attached hydrogens (primary N) is 1. The van der Waals surface area contributed by atoms with Gasteiger partial charge in [-0.3, -0.25) is 4.68 Å². The average Bonchev–Trinajstić information content (AvgIpc) is 3.31. The van der Waals surface area contributed by atoms with Gasteiger partial charge in [0.25, 0.3) is 0 Å². The van der Waals surface area contributed by atoms with Crippen LogP contribution in [0.5, 0.6) is 5.75 Å². The van der Waals surface area contributed by atoms with E-state index in [0.717, 1.165) is 52.2 Å². The lowest BCUT2D eigenvalue weighted by Crippen LogP contribution is -2.11. The van der Waals surface area contributed by atoms with Crippen LogP contribution in [-0.2, 0) is 13.5 Å². The number of nitrogen functional groups attached to an aromatic ring is 1. The van der Waals surface area contributed by atoms with Crippen LogP contribution < -0.4 is 10.5 Å². The molecule has 1 aliphatic heterocycles. The van der Waals surface area contributed by atoms with Crippen LogP contribution in [0.4, 0.5) is 10.2 Å². The van der Waals surface area contributed by atoms with Gasteiger partial charge in [-0.1, -0.05) is 11.6 Å². The summed E-state index contributed by atoms with van der Waals surface area (Å²) < 4.78 is 28.2. The van der Waals surface area contributed by atoms with Gasteiger partial charge >= 0.3 is 0 Å². The van der Waals surface area contributed by atoms with Crippen LogP contribution in [0.15, 0.2) is 41.2 Å². The fourth-order valence-electron chi connectivity index (χ4n) is 4.82. The second-order valence-electron chi connectivity index (χ2n) is 8.95. The first kappa shape index (κ1) is 20.0. The van der Waals surface area contributed by atoms with Crippen LogP contribution in [-0.4, -0.2) is 19.9 Å². The van der Waals surface area contributed by atoms with Gasteiger partial charge < -0.3 is 15.0 Å². The van der Waals surface area contributed by atoms with E-state index in [-0.39, 0.29) is 11.6 Å². The molecule has 8 heteroatoms. The van der Waals surface area contributed by atoms with E-state index in [0.29, 0.717) is 23.7 Å². The maximum Gasteiger partial charge on any atom is 0.166 e. The monoisotopic (exact) mass is 445 g/mol. The second kappa shape index (κ2) is 7.43. The molecule has 168 valence electrons. The maximum absolute atomic E-state index is 14.3. The SMILES string of the molecule is C[C@H]1Oc2cc(cnc2N)-c2c(C3CCC3)noc2Cc2cn(C)nc2-c2ccc(F)cc21. The Morgan fingerprint density at radius 1 is 1.21 bits per heavy atom. The van der Waals surface area contributed by atoms with Crippen molar-refractivity contribution < 1.29 is 13.7 Å². The Kier molecular flexibility index (Phi) is 4.50. The number of pyridine rings is 1. The van der Waals surface area contributed by atoms with Gasteiger partial charge in [-0.2, -0.15) is 5.10 Å². The van der Waals surface area contributed by atoms with Crippen molar-refractivity contribution in [2.75, 3.05) is 5.73 Å². The fraction of sp³-hybridized carbons (Fsp3) is 0.320. The van der Waals surface area contributed by atoms with Crippen molar-refractivity contribution >= 4 is 5.82 Å². The van der Waals surface area contributed by atoms with E-state index < -0.39 is 6.10 Å². The van der Waals surface area contributed by atoms with Gasteiger partial charge in [0.1, 0.15) is 17.7 Å². The third-order valence-electron chi connectivity index (χ3n) is 6.72. The van der Waals surface area contributed by atoms with Crippen LogP contribution in [0.2, 0.25) is 0 Å². The molecule has 2 N–H and O–H groups in total. The van der Waals surface area contributed by atoms with E-state index in [4.69, 9.17) is 20.1 Å². The topological polar surface area (TPSA) is 92.0 Å². The molecule has 0 radical (unpaired) electrons. The van der Waals surface area contributed by atoms with E-state index in [1.165, 1.54) is 18.6 Å². The summed E-state index contributed by atoms with van der Waals surface area (Å²) in [6, 6.07) is 6.58. The summed E-state index contributed by atoms with van der Waals surface area (Å²) in [5, 5.41) is 9.20. The number of hydrogen-bond donors (Lipinski definition) is 1. The first-order valence-corrected chi connectivity index (χ1v) is 11.2. The molecule has 7 nitrogen and oxygen atoms in total. The van der Waals surface area contributed by atoms with E-state index in [2.05, 4.69) is 10.1 Å². The Balaban J connectivity index is 1.62. The molecule has 0 saturated heterocycles. The molecular formula is C25H24FN5O2. The lowest BCUT2D eigenvalue weighted by molar-refractivity contribution is 0.227. The largest absolute Gasteiger partial charge is 0.482 e. The fourth-order valence-corrected chi connectivity index (χ4v) is 4.82. The molecule has 0 unspecified atom stereocenters. The highest BCUT2D eigenvalue weighted by Crippen LogP contribution is 2.44. The Morgan fingerprint density at radius 2 is 2.06 bits per heavy atom. The first-order chi connectivity index (χ1) is 16.0. The quantitative estimate of drug-likeness (QED) is 0.435. The third kappa shape index (κ3) is 3.28. The van der Waals surface area contributed by atoms with Crippen molar-refractivity contribution in [1.82, 2.24) is 19.9 Å². The zero-order valence-corrected chi connectivity index (χ0v) is 18.5. The van der Waals surface area contributed by atoms with Crippen molar-refractivity contribution in [2.45, 2.75) is 44.6 Å². The minimum absolute atomic E-state index is 0.280. The highest BCUT2D eigenvalue weighted by atomic mass is 19.1. The number of fused-ring (bicyclic) bond motifs is 7. The number of rotatable bonds is 1. The normalized spacial score (nSPS) is 17.6. The van der Waals surface area contributed by atoms with Gasteiger partial charge in [-0.05, 0) is 44.0 Å². The molecule has 33 heavy (non-hydrogen) atoms. The molecule has 3 aromatic heterocycles. The van der Waals surface area contributed by atoms with Crippen LogP contribution in [0.3, 0.4) is 0 Å². The molecule has 1 aromatic carbocycles. The summed E-state index contributed by atoms with van der Waals surface area (Å²) in [4.78, 5) is 4.40. The van der Waals surface area contributed by atoms with Crippen LogP contribution in [0.25, 0.3) is 22.4 Å². The number of hydrogen-bond acceptors (Lipinski definition) is 6. The summed E-state index contributed by atoms with van der Waals surface area (Å²) in [6.07, 6.45) is 7.13. The lowest BCUT2D eigenvalue weighted by atomic mass is 9.80. The molecule has 1 fully saturated rings. The number of anilines is 1. The molecule has 2 aliphatic rings. The van der Waals surface area contributed by atoms with Crippen molar-refractivity contribution in [3.63, 3.8) is 0 Å². The number of benzene rings is 1. The highest BCUT2D eigenvalue weighted by molar-refractivity contribution is 5.74. The molecule has 0 spiro atoms. The Labute approximate surface area is 190 Å². The summed E-state index contributed by atoms with van der Waals surface area (Å²) >= 11 is 0. The molecule has 4 aromatic rings. The molecule has 4 heterocycles. The third-order valence-corrected chi connectivity index (χ3v) is 6.72. The Morgan fingerprint density at radius 3 is 2.85 bits per heavy atom. The van der Waals surface area contributed by atoms with Crippen LogP contribution >= 0.6 is 0 Å². The number of nitrogens with zero attached hydrogens (tertiary/aromatic N) is 4. The maximum atomic E-state index is 14.3. The van der Waals surface area contributed by atoms with Gasteiger partial charge in [0.05, 0.1) is 17.0 Å². The van der Waals surface area contributed by atoms with E-state index in [1.807, 2.05) is 26.2 Å². The smallest absolute Gasteiger partial charge is 0.166 e. The van der Waals surface area contributed by atoms with Gasteiger partial charge in [-0.25, -0.2) is 9.37 Å². The van der Waals surface area contributed by atoms with Gasteiger partial charge in [0, 0.05) is 54.0 Å². The number of ether oxygens (including phenoxy) is 1. The molecule has 2 bridgehead atoms. The zero-order chi connectivity index (χ0) is 22.7. The number of halogens is 1. The standard InChI is InChI=1S/C25H24FN5O2/c1-13-19-10-17(26)6-7-18(19)23-16(12-31(2)29-23)9-20-22(24(30-33-20)14-4-3-5-14)15-8-21(32-13)25(27)28-11-15/h6-8,10-14H,3-5,9H2,1-2H3,(H2,27,28)/t13-/m1/s1. The molecular weight excluding hydrogens is 421 g/mol. The van der Waals surface area contributed by atoms with Crippen LogP contribution in [0, 0.1) is 5.82 Å². The van der Waals surface area contributed by atoms with E-state index in [9.17, 15) is 4.39 Å². The first-order valence-electron chi connectivity index (χ1n) is 11.2. The van der Waals surface area contributed by atoms with Crippen molar-refractivity contribution in [3.05, 3.63) is 65.1 Å². The molecule has 1 saturated carbocycles. The number of aromatic nitrogens is 4. The van der Waals surface area contributed by atoms with Gasteiger partial charge in [0.2, 0.25) is 0 Å². The number of aryl methyl sites for hydroxylation is 1. The second-order valence-corrected chi connectivity index (χ2v) is 8.95. The molecule has 6 rings (SSSR count). The Hall–Kier alpha value is -3.68. The lowest BCUT2D eigenvalue weighted by Gasteiger charge is -2.24. The zero-order valence-electron chi connectivity index (χ0n) is 18.5. The highest BCUT2D eigenvalue weighted by Gasteiger charge is 2.31. The van der Waals surface area contributed by atoms with Crippen molar-refractivity contribution in [2.24, 2.45) is 7.05 Å². The molecule has 1 aliphatic carbocycles. The Bertz CT molecular complexity index is 1370. The average molecular weight is 445 g/mol. The van der Waals surface area contributed by atoms with E-state index in [1.54, 1.807) is 16.9 Å². The van der Waals surface area contributed by atoms with Crippen molar-refractivity contribution in [3.8, 4) is 28.1 Å². The summed E-state index contributed by atoms with van der Waals surface area (Å²) in [7, 11) is 1.88. The predicted octanol–water partition coefficient (Wildman–Crippen LogP) is 5.17. The molecule has 1 atom stereocenters. The summed E-state index contributed by atoms with van der Waals surface area (Å²) in [6.45, 7) is 1.88. The van der Waals surface area contributed by atoms with E-state index >= 15 is 0 Å². The minimum Gasteiger partial charge on any atom is -0.482 e. The van der Waals surface area contributed by atoms with Crippen LogP contribution in [0.1, 0.15) is 60.8 Å².